The van der Waals surface area contributed by atoms with Crippen molar-refractivity contribution in [2.45, 2.75) is 12.5 Å². The number of hydrogen-bond acceptors (Lipinski definition) is 1. The van der Waals surface area contributed by atoms with Crippen LogP contribution in [0.2, 0.25) is 0 Å². The third-order valence-corrected chi connectivity index (χ3v) is 11.4. The third-order valence-electron chi connectivity index (χ3n) is 11.4. The average molecular weight is 675 g/mol. The molecule has 1 aliphatic heterocycles. The lowest BCUT2D eigenvalue weighted by atomic mass is 9.87. The molecule has 1 atom stereocenters. The molecule has 11 rings (SSSR count). The van der Waals surface area contributed by atoms with Gasteiger partial charge < -0.3 is 4.74 Å². The van der Waals surface area contributed by atoms with Crippen LogP contribution >= 0.6 is 0 Å². The van der Waals surface area contributed by atoms with Crippen LogP contribution in [0, 0.1) is 0 Å². The first-order valence-electron chi connectivity index (χ1n) is 18.5. The molecule has 248 valence electrons. The second-order valence-corrected chi connectivity index (χ2v) is 14.3. The second kappa shape index (κ2) is 11.9. The van der Waals surface area contributed by atoms with Crippen molar-refractivity contribution >= 4 is 70.4 Å². The maximum atomic E-state index is 6.98. The monoisotopic (exact) mass is 674 g/mol. The Labute approximate surface area is 308 Å². The molecule has 1 aliphatic rings. The van der Waals surface area contributed by atoms with Gasteiger partial charge in [0, 0.05) is 17.5 Å². The predicted molar refractivity (Wildman–Crippen MR) is 225 cm³/mol. The van der Waals surface area contributed by atoms with Crippen LogP contribution in [-0.4, -0.2) is 0 Å². The van der Waals surface area contributed by atoms with E-state index in [1.807, 2.05) is 0 Å². The molecule has 1 nitrogen and oxygen atoms in total. The smallest absolute Gasteiger partial charge is 0.128 e. The Morgan fingerprint density at radius 2 is 0.698 bits per heavy atom. The number of fused-ring (bicyclic) bond motifs is 6. The van der Waals surface area contributed by atoms with Gasteiger partial charge in [0.1, 0.15) is 11.9 Å². The van der Waals surface area contributed by atoms with Crippen molar-refractivity contribution in [3.8, 4) is 22.3 Å². The van der Waals surface area contributed by atoms with Gasteiger partial charge in [-0.1, -0.05) is 170 Å². The molecule has 0 bridgehead atoms. The highest BCUT2D eigenvalue weighted by Crippen LogP contribution is 2.46. The normalized spacial score (nSPS) is 14.4. The minimum absolute atomic E-state index is 0.0753. The molecule has 53 heavy (non-hydrogen) atoms. The molecule has 0 saturated heterocycles. The minimum Gasteiger partial charge on any atom is -0.485 e. The quantitative estimate of drug-likeness (QED) is 0.169. The zero-order chi connectivity index (χ0) is 34.9. The molecule has 0 aromatic heterocycles. The van der Waals surface area contributed by atoms with Crippen molar-refractivity contribution < 1.29 is 4.74 Å². The molecule has 1 unspecified atom stereocenters. The fourth-order valence-corrected chi connectivity index (χ4v) is 8.99. The Balaban J connectivity index is 1.02. The summed E-state index contributed by atoms with van der Waals surface area (Å²) in [7, 11) is 0. The Hall–Kier alpha value is -6.70. The minimum atomic E-state index is -0.0753. The van der Waals surface area contributed by atoms with Crippen molar-refractivity contribution in [2.75, 3.05) is 0 Å². The van der Waals surface area contributed by atoms with Crippen LogP contribution in [0.25, 0.3) is 92.6 Å². The number of hydrogen-bond donors (Lipinski definition) is 0. The van der Waals surface area contributed by atoms with Crippen LogP contribution in [0.15, 0.2) is 188 Å². The summed E-state index contributed by atoms with van der Waals surface area (Å²) in [6.07, 6.45) is 3.04. The lowest BCUT2D eigenvalue weighted by Gasteiger charge is -2.20. The van der Waals surface area contributed by atoms with Gasteiger partial charge in [0.15, 0.2) is 0 Å². The summed E-state index contributed by atoms with van der Waals surface area (Å²) in [6.45, 7) is 0. The van der Waals surface area contributed by atoms with Crippen LogP contribution in [0.4, 0.5) is 0 Å². The van der Waals surface area contributed by atoms with E-state index in [0.717, 1.165) is 17.7 Å². The fraction of sp³-hybridized carbons (Fsp3) is 0.0385. The Morgan fingerprint density at radius 1 is 0.340 bits per heavy atom. The van der Waals surface area contributed by atoms with Gasteiger partial charge in [0.05, 0.1) is 0 Å². The maximum Gasteiger partial charge on any atom is 0.128 e. The van der Waals surface area contributed by atoms with E-state index in [4.69, 9.17) is 4.74 Å². The first-order chi connectivity index (χ1) is 26.3. The SMILES string of the molecule is C1=C(c2ccc(-c3c4ccccc4cc4ccccc34)c3ccccc23)OC(c2ccc(-c3c4ccccc4cc4ccccc34)c3ccccc23)C1. The molecule has 0 radical (unpaired) electrons. The van der Waals surface area contributed by atoms with Crippen LogP contribution in [0.3, 0.4) is 0 Å². The van der Waals surface area contributed by atoms with Gasteiger partial charge in [-0.2, -0.15) is 0 Å². The summed E-state index contributed by atoms with van der Waals surface area (Å²) in [5.41, 5.74) is 7.44. The largest absolute Gasteiger partial charge is 0.485 e. The summed E-state index contributed by atoms with van der Waals surface area (Å²) in [5, 5.41) is 15.0. The summed E-state index contributed by atoms with van der Waals surface area (Å²) in [6, 6.07) is 66.5. The van der Waals surface area contributed by atoms with Gasteiger partial charge in [0.2, 0.25) is 0 Å². The molecule has 0 spiro atoms. The Morgan fingerprint density at radius 3 is 1.19 bits per heavy atom. The Kier molecular flexibility index (Phi) is 6.75. The molecular formula is C52H34O. The van der Waals surface area contributed by atoms with Crippen LogP contribution in [-0.2, 0) is 4.74 Å². The van der Waals surface area contributed by atoms with E-state index in [1.165, 1.54) is 92.5 Å². The molecule has 0 N–H and O–H groups in total. The van der Waals surface area contributed by atoms with Gasteiger partial charge in [-0.25, -0.2) is 0 Å². The molecule has 0 fully saturated rings. The molecule has 1 heterocycles. The predicted octanol–water partition coefficient (Wildman–Crippen LogP) is 14.4. The van der Waals surface area contributed by atoms with E-state index >= 15 is 0 Å². The van der Waals surface area contributed by atoms with Crippen molar-refractivity contribution in [3.63, 3.8) is 0 Å². The van der Waals surface area contributed by atoms with Crippen molar-refractivity contribution in [2.24, 2.45) is 0 Å². The van der Waals surface area contributed by atoms with Gasteiger partial charge in [-0.15, -0.1) is 0 Å². The van der Waals surface area contributed by atoms with E-state index < -0.39 is 0 Å². The standard InChI is InChI=1S/C52H34O/c1-5-17-37-33(13-1)31-34-14-2-6-18-38(34)51(37)47-27-25-45(41-21-9-11-23-43(41)47)49-29-30-50(53-49)46-26-28-48(44-24-12-10-22-42(44)46)52-39-19-7-3-15-35(39)32-36-16-4-8-20-40(36)52/h1-29,31-32,50H,30H2. The van der Waals surface area contributed by atoms with Crippen LogP contribution in [0.5, 0.6) is 0 Å². The van der Waals surface area contributed by atoms with Gasteiger partial charge >= 0.3 is 0 Å². The lowest BCUT2D eigenvalue weighted by Crippen LogP contribution is -2.00. The number of benzene rings is 10. The summed E-state index contributed by atoms with van der Waals surface area (Å²) in [4.78, 5) is 0. The number of rotatable bonds is 4. The van der Waals surface area contributed by atoms with E-state index in [9.17, 15) is 0 Å². The molecule has 0 saturated carbocycles. The average Bonchev–Trinajstić information content (AvgIpc) is 3.71. The van der Waals surface area contributed by atoms with Gasteiger partial charge in [0.25, 0.3) is 0 Å². The lowest BCUT2D eigenvalue weighted by molar-refractivity contribution is 0.196. The maximum absolute atomic E-state index is 6.98. The zero-order valence-corrected chi connectivity index (χ0v) is 29.1. The van der Waals surface area contributed by atoms with E-state index in [-0.39, 0.29) is 6.10 Å². The van der Waals surface area contributed by atoms with E-state index in [0.29, 0.717) is 0 Å². The molecular weight excluding hydrogens is 641 g/mol. The first-order valence-corrected chi connectivity index (χ1v) is 18.5. The molecule has 10 aromatic carbocycles. The summed E-state index contributed by atoms with van der Waals surface area (Å²) < 4.78 is 6.98. The van der Waals surface area contributed by atoms with Crippen molar-refractivity contribution in [1.82, 2.24) is 0 Å². The first kappa shape index (κ1) is 30.0. The fourth-order valence-electron chi connectivity index (χ4n) is 8.99. The zero-order valence-electron chi connectivity index (χ0n) is 29.1. The highest BCUT2D eigenvalue weighted by molar-refractivity contribution is 6.19. The molecule has 10 aromatic rings. The van der Waals surface area contributed by atoms with Crippen molar-refractivity contribution in [1.29, 1.82) is 0 Å². The van der Waals surface area contributed by atoms with Gasteiger partial charge in [-0.05, 0) is 105 Å². The third kappa shape index (κ3) is 4.71. The van der Waals surface area contributed by atoms with Gasteiger partial charge in [-0.3, -0.25) is 0 Å². The van der Waals surface area contributed by atoms with Crippen molar-refractivity contribution in [3.05, 3.63) is 199 Å². The summed E-state index contributed by atoms with van der Waals surface area (Å²) >= 11 is 0. The summed E-state index contributed by atoms with van der Waals surface area (Å²) in [5.74, 6) is 0.953. The topological polar surface area (TPSA) is 9.23 Å². The second-order valence-electron chi connectivity index (χ2n) is 14.3. The highest BCUT2D eigenvalue weighted by atomic mass is 16.5. The van der Waals surface area contributed by atoms with Crippen LogP contribution in [0.1, 0.15) is 23.7 Å². The Bertz CT molecular complexity index is 3020. The molecule has 1 heteroatoms. The molecule has 0 aliphatic carbocycles. The highest BCUT2D eigenvalue weighted by Gasteiger charge is 2.26. The van der Waals surface area contributed by atoms with E-state index in [1.54, 1.807) is 0 Å². The van der Waals surface area contributed by atoms with E-state index in [2.05, 4.69) is 188 Å². The molecule has 0 amide bonds. The van der Waals surface area contributed by atoms with Crippen LogP contribution < -0.4 is 0 Å². The number of ether oxygens (including phenoxy) is 1.